The van der Waals surface area contributed by atoms with Crippen molar-refractivity contribution in [1.82, 2.24) is 26.6 Å². The van der Waals surface area contributed by atoms with Crippen LogP contribution in [0.2, 0.25) is 0 Å². The van der Waals surface area contributed by atoms with Gasteiger partial charge in [0, 0.05) is 48.9 Å². The van der Waals surface area contributed by atoms with Crippen molar-refractivity contribution in [2.24, 2.45) is 40.7 Å². The highest BCUT2D eigenvalue weighted by atomic mass is 16.7. The van der Waals surface area contributed by atoms with Crippen LogP contribution in [0.25, 0.3) is 0 Å². The third kappa shape index (κ3) is 9.04. The first-order valence-electron chi connectivity index (χ1n) is 27.0. The van der Waals surface area contributed by atoms with Crippen LogP contribution in [-0.2, 0) is 20.7 Å². The molecule has 1 saturated heterocycles. The van der Waals surface area contributed by atoms with E-state index in [0.29, 0.717) is 62.1 Å². The quantitative estimate of drug-likeness (QED) is 0.0430. The maximum Gasteiger partial charge on any atom is 0.350 e. The molecule has 1 unspecified atom stereocenters. The number of hydrogen-bond acceptors (Lipinski definition) is 13. The van der Waals surface area contributed by atoms with Gasteiger partial charge in [-0.3, -0.25) is 9.59 Å². The third-order valence-corrected chi connectivity index (χ3v) is 18.3. The van der Waals surface area contributed by atoms with Crippen LogP contribution in [-0.4, -0.2) is 96.8 Å². The highest BCUT2D eigenvalue weighted by Gasteiger charge is 2.86. The standard InChI is InChI=1S/C58H78N6O7/c1-5-61-45-28-38-10-6-13-41-36-12-8-25-56(3,29-35-17-22-47(59)63-32-35)30-39-11-7-14-44-50(39)53(68)58(55(69)70-46(15-9-27-65)51(45)43(20-19-36)49(38)41)57(71-58,52(44)67)31-40(33-66)34(2)16-18-37-24-26-62-54-42(37)21-23-48(60-4)64-54/h6-7,10-11,14,17,22,24,28,32,36,41,43,45-49,51,60-66H,5,8-9,12-13,15-16,18-21,23,25-27,29-31,33,59H2,1-4H3/b40-34-/t36-,41+,43+,45-,46+,47?,48-,49+,51-,56+,57+,58+/m1/s1. The average Bonchev–Trinajstić information content (AvgIpc) is 4.08. The first kappa shape index (κ1) is 49.9. The number of carbonyl (C=O) groups is 3. The van der Waals surface area contributed by atoms with Gasteiger partial charge in [0.2, 0.25) is 5.78 Å². The lowest BCUT2D eigenvalue weighted by molar-refractivity contribution is -0.160. The number of nitrogens with one attached hydrogen (secondary N) is 5. The van der Waals surface area contributed by atoms with Crippen molar-refractivity contribution in [3.05, 3.63) is 117 Å². The zero-order chi connectivity index (χ0) is 49.7. The fourth-order valence-electron chi connectivity index (χ4n) is 14.7. The van der Waals surface area contributed by atoms with Crippen LogP contribution in [0.3, 0.4) is 0 Å². The summed E-state index contributed by atoms with van der Waals surface area (Å²) in [6, 6.07) is 5.41. The van der Waals surface area contributed by atoms with Crippen LogP contribution in [0, 0.1) is 35.0 Å². The topological polar surface area (TPSA) is 200 Å². The SMILES string of the molecule is CCN[C@@H]1C=C2C=CC[C@H]3[C@@H]4CCC[C@@](C)(CC5=CNC(N)C=C5)Cc5cccc6c5C(=O)[C@]5(O[C@@]5(C/C(CO)=C(\C)CCC5=CCNC7=C5CC[C@H](NC)N7)C6=O)C(=O)O[C@@H](CCCO)[C@@H]1[C@@H](CC4)[C@@H]23. The smallest absolute Gasteiger partial charge is 0.350 e. The van der Waals surface area contributed by atoms with Gasteiger partial charge in [-0.25, -0.2) is 4.79 Å². The first-order valence-corrected chi connectivity index (χ1v) is 27.0. The molecule has 1 spiro atoms. The molecular weight excluding hydrogens is 893 g/mol. The van der Waals surface area contributed by atoms with Crippen molar-refractivity contribution in [2.75, 3.05) is 33.4 Å². The zero-order valence-electron chi connectivity index (χ0n) is 42.4. The number of Topliss-reactive ketones (excluding diaryl/α,β-unsaturated/α-hetero) is 2. The Hall–Kier alpha value is -4.63. The molecule has 9 N–H and O–H groups in total. The molecule has 1 aromatic carbocycles. The Balaban J connectivity index is 1.06. The van der Waals surface area contributed by atoms with Gasteiger partial charge in [0.05, 0.1) is 18.9 Å². The summed E-state index contributed by atoms with van der Waals surface area (Å²) in [5.74, 6) is 0.593. The van der Waals surface area contributed by atoms with E-state index in [1.54, 1.807) is 6.07 Å². The Morgan fingerprint density at radius 2 is 1.92 bits per heavy atom. The predicted molar refractivity (Wildman–Crippen MR) is 274 cm³/mol. The van der Waals surface area contributed by atoms with E-state index in [9.17, 15) is 10.2 Å². The maximum atomic E-state index is 15.9. The molecule has 12 atom stereocenters. The van der Waals surface area contributed by atoms with Gasteiger partial charge in [-0.2, -0.15) is 0 Å². The first-order chi connectivity index (χ1) is 34.4. The summed E-state index contributed by atoms with van der Waals surface area (Å²) >= 11 is 0. The molecule has 13 heteroatoms. The molecule has 0 radical (unpaired) electrons. The number of aliphatic hydroxyl groups is 2. The van der Waals surface area contributed by atoms with Crippen LogP contribution >= 0.6 is 0 Å². The zero-order valence-corrected chi connectivity index (χ0v) is 42.4. The average molecular weight is 971 g/mol. The van der Waals surface area contributed by atoms with Crippen molar-refractivity contribution < 1.29 is 34.1 Å². The minimum atomic E-state index is -2.25. The van der Waals surface area contributed by atoms with Crippen molar-refractivity contribution in [3.63, 3.8) is 0 Å². The van der Waals surface area contributed by atoms with Gasteiger partial charge in [-0.05, 0) is 166 Å². The fourth-order valence-corrected chi connectivity index (χ4v) is 14.7. The number of fused-ring (bicyclic) bond motifs is 7. The summed E-state index contributed by atoms with van der Waals surface area (Å²) in [5, 5.41) is 39.0. The van der Waals surface area contributed by atoms with Gasteiger partial charge >= 0.3 is 5.97 Å². The third-order valence-electron chi connectivity index (χ3n) is 18.3. The molecule has 0 amide bonds. The lowest BCUT2D eigenvalue weighted by atomic mass is 9.53. The van der Waals surface area contributed by atoms with Crippen molar-refractivity contribution >= 4 is 17.5 Å². The van der Waals surface area contributed by atoms with Crippen LogP contribution in [0.1, 0.15) is 137 Å². The summed E-state index contributed by atoms with van der Waals surface area (Å²) in [7, 11) is 1.96. The molecule has 1 saturated carbocycles. The predicted octanol–water partition coefficient (Wildman–Crippen LogP) is 6.61. The minimum Gasteiger partial charge on any atom is -0.459 e. The largest absolute Gasteiger partial charge is 0.459 e. The summed E-state index contributed by atoms with van der Waals surface area (Å²) in [6.07, 6.45) is 25.8. The molecule has 11 rings (SSSR count). The second-order valence-electron chi connectivity index (χ2n) is 22.6. The number of rotatable bonds is 14. The van der Waals surface area contributed by atoms with Gasteiger partial charge in [0.25, 0.3) is 5.60 Å². The van der Waals surface area contributed by atoms with E-state index in [4.69, 9.17) is 15.2 Å². The number of esters is 1. The number of allylic oxidation sites excluding steroid dienone is 8. The van der Waals surface area contributed by atoms with E-state index in [1.807, 2.05) is 38.4 Å². The van der Waals surface area contributed by atoms with Crippen LogP contribution in [0.5, 0.6) is 0 Å². The molecular formula is C58H78N6O7. The van der Waals surface area contributed by atoms with Crippen molar-refractivity contribution in [3.8, 4) is 0 Å². The van der Waals surface area contributed by atoms with Gasteiger partial charge in [0.15, 0.2) is 11.4 Å². The molecule has 1 aromatic rings. The van der Waals surface area contributed by atoms with Gasteiger partial charge in [-0.15, -0.1) is 0 Å². The lowest BCUT2D eigenvalue weighted by Crippen LogP contribution is -2.56. The molecule has 13 nitrogen and oxygen atoms in total. The summed E-state index contributed by atoms with van der Waals surface area (Å²) in [6.45, 7) is 7.35. The van der Waals surface area contributed by atoms with Gasteiger partial charge in [0.1, 0.15) is 11.9 Å². The van der Waals surface area contributed by atoms with E-state index in [2.05, 4.69) is 70.8 Å². The summed E-state index contributed by atoms with van der Waals surface area (Å²) in [5.41, 5.74) is 9.38. The number of carbonyl (C=O) groups excluding carboxylic acids is 3. The molecule has 0 aromatic heterocycles. The number of hydrogen-bond donors (Lipinski definition) is 8. The Morgan fingerprint density at radius 1 is 1.06 bits per heavy atom. The molecule has 6 aliphatic heterocycles. The molecule has 4 aliphatic carbocycles. The van der Waals surface area contributed by atoms with Crippen molar-refractivity contribution in [1.29, 1.82) is 0 Å². The number of nitrogens with two attached hydrogens (primary N) is 1. The molecule has 71 heavy (non-hydrogen) atoms. The fraction of sp³-hybridized carbons (Fsp3) is 0.603. The number of ketones is 2. The van der Waals surface area contributed by atoms with Crippen molar-refractivity contribution in [2.45, 2.75) is 153 Å². The van der Waals surface area contributed by atoms with Crippen LogP contribution in [0.15, 0.2) is 100 Å². The molecule has 10 aliphatic rings. The molecule has 6 heterocycles. The lowest BCUT2D eigenvalue weighted by Gasteiger charge is -2.53. The number of dihydropyridines is 2. The normalized spacial score (nSPS) is 36.4. The van der Waals surface area contributed by atoms with E-state index in [-0.39, 0.29) is 66.4 Å². The summed E-state index contributed by atoms with van der Waals surface area (Å²) in [4.78, 5) is 47.3. The number of likely N-dealkylation sites (N-methyl/N-ethyl adjacent to an activating group) is 1. The summed E-state index contributed by atoms with van der Waals surface area (Å²) < 4.78 is 13.6. The van der Waals surface area contributed by atoms with Gasteiger partial charge in [-0.1, -0.05) is 80.8 Å². The Morgan fingerprint density at radius 3 is 2.69 bits per heavy atom. The monoisotopic (exact) mass is 971 g/mol. The second kappa shape index (κ2) is 20.3. The highest BCUT2D eigenvalue weighted by Crippen LogP contribution is 2.61. The Kier molecular flexibility index (Phi) is 14.3. The van der Waals surface area contributed by atoms with E-state index >= 15 is 14.4 Å². The minimum absolute atomic E-state index is 0.0771. The highest BCUT2D eigenvalue weighted by molar-refractivity contribution is 6.33. The number of benzene rings is 1. The van der Waals surface area contributed by atoms with E-state index in [0.717, 1.165) is 86.7 Å². The number of epoxide rings is 1. The number of aliphatic hydroxyl groups excluding tert-OH is 2. The van der Waals surface area contributed by atoms with Crippen LogP contribution in [0.4, 0.5) is 0 Å². The van der Waals surface area contributed by atoms with Crippen LogP contribution < -0.4 is 32.3 Å². The molecule has 6 bridgehead atoms. The number of ether oxygens (including phenoxy) is 2. The Labute approximate surface area is 420 Å². The van der Waals surface area contributed by atoms with Gasteiger partial charge < -0.3 is 52.0 Å². The van der Waals surface area contributed by atoms with E-state index < -0.39 is 34.8 Å². The second-order valence-corrected chi connectivity index (χ2v) is 22.6. The maximum absolute atomic E-state index is 15.9. The van der Waals surface area contributed by atoms with E-state index in [1.165, 1.54) is 16.7 Å². The molecule has 2 fully saturated rings. The Bertz CT molecular complexity index is 2500. The molecule has 382 valence electrons.